The maximum absolute atomic E-state index is 9.76. The first kappa shape index (κ1) is 29.9. The second kappa shape index (κ2) is 15.5. The van der Waals surface area contributed by atoms with Crippen molar-refractivity contribution in [3.8, 4) is 89.8 Å². The Morgan fingerprint density at radius 2 is 0.770 bits per heavy atom. The van der Waals surface area contributed by atoms with Crippen LogP contribution in [-0.2, 0) is 0 Å². The molecule has 0 aliphatic rings. The Hall–Kier alpha value is -8.21. The van der Waals surface area contributed by atoms with Gasteiger partial charge in [-0.05, 0) is 98.0 Å². The highest BCUT2D eigenvalue weighted by Gasteiger charge is 2.18. The summed E-state index contributed by atoms with van der Waals surface area (Å²) in [5, 5.41) is 0.315. The van der Waals surface area contributed by atoms with Gasteiger partial charge in [0.15, 0.2) is 17.5 Å². The molecule has 0 N–H and O–H groups in total. The van der Waals surface area contributed by atoms with Crippen molar-refractivity contribution >= 4 is 21.9 Å². The Morgan fingerprint density at radius 3 is 1.38 bits per heavy atom. The van der Waals surface area contributed by atoms with Gasteiger partial charge in [-0.25, -0.2) is 15.0 Å². The number of aromatic nitrogens is 3. The normalized spacial score (nSPS) is 12.7. The van der Waals surface area contributed by atoms with E-state index in [1.54, 1.807) is 0 Å². The maximum atomic E-state index is 9.76. The van der Waals surface area contributed by atoms with Crippen molar-refractivity contribution in [2.45, 2.75) is 0 Å². The van der Waals surface area contributed by atoms with E-state index in [2.05, 4.69) is 6.07 Å². The molecule has 0 unspecified atom stereocenters. The molecule has 0 aliphatic heterocycles. The fraction of sp³-hybridized carbons (Fsp3) is 0. The Labute approximate surface area is 362 Å². The Bertz CT molecular complexity index is 3620. The van der Waals surface area contributed by atoms with E-state index in [0.717, 1.165) is 44.5 Å². The van der Waals surface area contributed by atoms with E-state index in [1.807, 2.05) is 182 Å². The summed E-state index contributed by atoms with van der Waals surface area (Å²) in [6.45, 7) is 0. The highest BCUT2D eigenvalue weighted by molar-refractivity contribution is 6.13. The topological polar surface area (TPSA) is 51.8 Å². The van der Waals surface area contributed by atoms with Gasteiger partial charge in [0.05, 0.1) is 8.22 Å². The highest BCUT2D eigenvalue weighted by Crippen LogP contribution is 2.41. The van der Waals surface area contributed by atoms with Crippen molar-refractivity contribution in [3.05, 3.63) is 224 Å². The fourth-order valence-electron chi connectivity index (χ4n) is 7.80. The second-order valence-electron chi connectivity index (χ2n) is 14.7. The van der Waals surface area contributed by atoms with Crippen LogP contribution in [0, 0.1) is 0 Å². The van der Waals surface area contributed by atoms with Gasteiger partial charge in [0.2, 0.25) is 0 Å². The van der Waals surface area contributed by atoms with E-state index in [1.165, 1.54) is 0 Å². The Morgan fingerprint density at radius 1 is 0.328 bits per heavy atom. The highest BCUT2D eigenvalue weighted by atomic mass is 16.3. The predicted octanol–water partition coefficient (Wildman–Crippen LogP) is 15.1. The van der Waals surface area contributed by atoms with Gasteiger partial charge in [-0.2, -0.15) is 0 Å². The van der Waals surface area contributed by atoms with E-state index in [-0.39, 0.29) is 75.1 Å². The van der Waals surface area contributed by atoms with E-state index in [0.29, 0.717) is 28.3 Å². The van der Waals surface area contributed by atoms with Crippen LogP contribution in [0.4, 0.5) is 0 Å². The molecule has 0 bridgehead atoms. The average molecular weight is 786 g/mol. The monoisotopic (exact) mass is 785 g/mol. The van der Waals surface area contributed by atoms with Crippen LogP contribution >= 0.6 is 0 Å². The number of nitrogens with zero attached hydrogens (tertiary/aromatic N) is 3. The predicted molar refractivity (Wildman–Crippen MR) is 251 cm³/mol. The summed E-state index contributed by atoms with van der Waals surface area (Å²) in [5.41, 5.74) is 9.64. The zero-order chi connectivity index (χ0) is 45.8. The van der Waals surface area contributed by atoms with Gasteiger partial charge in [0, 0.05) is 27.5 Å². The average Bonchev–Trinajstić information content (AvgIpc) is 3.79. The standard InChI is InChI=1S/C57H37N3O/c1-5-15-38(16-6-1)42-27-29-43(30-28-42)55-58-56(45-24-13-23-44(33-45)39-17-7-2-8-18-39)60-57(59-55)46-31-32-51-53(37-46)61-52-26-14-25-50(54(51)52)49-35-47(40-19-9-3-10-20-40)34-48(36-49)41-21-11-4-12-22-41/h1-37H/i14D,25D,26D,31D,32D,37D. The molecule has 2 heterocycles. The van der Waals surface area contributed by atoms with Gasteiger partial charge in [0.1, 0.15) is 11.2 Å². The Kier molecular flexibility index (Phi) is 7.61. The zero-order valence-corrected chi connectivity index (χ0v) is 32.6. The lowest BCUT2D eigenvalue weighted by Gasteiger charge is -2.12. The molecule has 9 aromatic carbocycles. The third-order valence-corrected chi connectivity index (χ3v) is 10.8. The van der Waals surface area contributed by atoms with Gasteiger partial charge < -0.3 is 4.42 Å². The minimum atomic E-state index is -0.361. The van der Waals surface area contributed by atoms with Crippen LogP contribution in [0.15, 0.2) is 229 Å². The number of benzene rings is 9. The molecule has 2 aromatic heterocycles. The Balaban J connectivity index is 1.14. The number of hydrogen-bond acceptors (Lipinski definition) is 4. The molecule has 0 amide bonds. The van der Waals surface area contributed by atoms with Crippen molar-refractivity contribution in [1.82, 2.24) is 15.0 Å². The van der Waals surface area contributed by atoms with Crippen molar-refractivity contribution in [3.63, 3.8) is 0 Å². The fourth-order valence-corrected chi connectivity index (χ4v) is 7.80. The summed E-state index contributed by atoms with van der Waals surface area (Å²) in [7, 11) is 0. The van der Waals surface area contributed by atoms with Crippen LogP contribution in [0.3, 0.4) is 0 Å². The molecule has 0 saturated heterocycles. The smallest absolute Gasteiger partial charge is 0.164 e. The molecule has 4 heteroatoms. The zero-order valence-electron chi connectivity index (χ0n) is 38.6. The first-order chi connectivity index (χ1) is 32.7. The van der Waals surface area contributed by atoms with Crippen molar-refractivity contribution in [2.24, 2.45) is 0 Å². The molecule has 11 rings (SSSR count). The molecule has 286 valence electrons. The lowest BCUT2D eigenvalue weighted by atomic mass is 9.91. The van der Waals surface area contributed by atoms with Gasteiger partial charge in [-0.3, -0.25) is 0 Å². The molecule has 0 fully saturated rings. The van der Waals surface area contributed by atoms with E-state index in [4.69, 9.17) is 22.1 Å². The third kappa shape index (κ3) is 7.07. The molecule has 4 nitrogen and oxygen atoms in total. The number of hydrogen-bond donors (Lipinski definition) is 0. The molecular weight excluding hydrogens is 743 g/mol. The molecule has 61 heavy (non-hydrogen) atoms. The van der Waals surface area contributed by atoms with Crippen LogP contribution in [0.1, 0.15) is 8.22 Å². The summed E-state index contributed by atoms with van der Waals surface area (Å²) < 4.78 is 63.0. The number of rotatable bonds is 8. The minimum Gasteiger partial charge on any atom is -0.456 e. The van der Waals surface area contributed by atoms with Crippen LogP contribution < -0.4 is 0 Å². The maximum Gasteiger partial charge on any atom is 0.164 e. The van der Waals surface area contributed by atoms with Crippen LogP contribution in [0.25, 0.3) is 112 Å². The molecule has 0 spiro atoms. The SMILES string of the molecule is [2H]c1c([2H])c(-c2cc(-c3ccccc3)cc(-c3ccccc3)c2)c2c(oc3c([2H])c(-c4nc(-c5ccc(-c6ccccc6)cc5)nc(-c5cccc(-c6ccccc6)c5)n4)c([2H])c([2H])c32)c1[2H]. The number of furan rings is 1. The van der Waals surface area contributed by atoms with Gasteiger partial charge >= 0.3 is 0 Å². The summed E-state index contributed by atoms with van der Waals surface area (Å²) in [4.78, 5) is 14.8. The van der Waals surface area contributed by atoms with Crippen molar-refractivity contribution in [1.29, 1.82) is 0 Å². The first-order valence-electron chi connectivity index (χ1n) is 23.0. The van der Waals surface area contributed by atoms with E-state index < -0.39 is 0 Å². The number of fused-ring (bicyclic) bond motifs is 3. The van der Waals surface area contributed by atoms with E-state index in [9.17, 15) is 5.48 Å². The van der Waals surface area contributed by atoms with E-state index >= 15 is 0 Å². The van der Waals surface area contributed by atoms with Gasteiger partial charge in [-0.15, -0.1) is 0 Å². The van der Waals surface area contributed by atoms with Crippen LogP contribution in [-0.4, -0.2) is 15.0 Å². The summed E-state index contributed by atoms with van der Waals surface area (Å²) in [6.07, 6.45) is 0. The van der Waals surface area contributed by atoms with Crippen molar-refractivity contribution in [2.75, 3.05) is 0 Å². The van der Waals surface area contributed by atoms with Gasteiger partial charge in [0.25, 0.3) is 0 Å². The minimum absolute atomic E-state index is 0.000136. The lowest BCUT2D eigenvalue weighted by molar-refractivity contribution is 0.669. The molecule has 11 aromatic rings. The summed E-state index contributed by atoms with van der Waals surface area (Å²) in [5.74, 6) is 0.612. The van der Waals surface area contributed by atoms with Crippen molar-refractivity contribution < 1.29 is 12.6 Å². The third-order valence-electron chi connectivity index (χ3n) is 10.8. The molecule has 0 atom stereocenters. The molecule has 0 aliphatic carbocycles. The van der Waals surface area contributed by atoms with Gasteiger partial charge in [-0.1, -0.05) is 182 Å². The van der Waals surface area contributed by atoms with Crippen LogP contribution in [0.2, 0.25) is 0 Å². The largest absolute Gasteiger partial charge is 0.456 e. The summed E-state index contributed by atoms with van der Waals surface area (Å²) >= 11 is 0. The molecule has 0 saturated carbocycles. The molecule has 0 radical (unpaired) electrons. The lowest BCUT2D eigenvalue weighted by Crippen LogP contribution is -2.00. The van der Waals surface area contributed by atoms with Crippen LogP contribution in [0.5, 0.6) is 0 Å². The first-order valence-corrected chi connectivity index (χ1v) is 20.0. The summed E-state index contributed by atoms with van der Waals surface area (Å²) in [6, 6.07) is 59.5. The second-order valence-corrected chi connectivity index (χ2v) is 14.7. The quantitative estimate of drug-likeness (QED) is 0.154. The molecular formula is C57H37N3O.